The molecule has 20 heavy (non-hydrogen) atoms. The lowest BCUT2D eigenvalue weighted by molar-refractivity contribution is -0.147. The Hall–Kier alpha value is -1.92. The Morgan fingerprint density at radius 2 is 1.60 bits per heavy atom. The van der Waals surface area contributed by atoms with E-state index in [0.717, 1.165) is 0 Å². The highest BCUT2D eigenvalue weighted by Crippen LogP contribution is 2.14. The molecule has 7 heteroatoms. The van der Waals surface area contributed by atoms with Gasteiger partial charge in [0.25, 0.3) is 0 Å². The summed E-state index contributed by atoms with van der Waals surface area (Å²) in [6, 6.07) is -1.46. The lowest BCUT2D eigenvalue weighted by atomic mass is 9.92. The van der Waals surface area contributed by atoms with Crippen molar-refractivity contribution in [2.24, 2.45) is 11.8 Å². The topological polar surface area (TPSA) is 121 Å². The summed E-state index contributed by atoms with van der Waals surface area (Å²) in [5.74, 6) is -4.08. The van der Waals surface area contributed by atoms with E-state index >= 15 is 0 Å². The lowest BCUT2D eigenvalue weighted by Gasteiger charge is -2.18. The Morgan fingerprint density at radius 3 is 2.00 bits per heavy atom. The van der Waals surface area contributed by atoms with Crippen molar-refractivity contribution in [3.63, 3.8) is 0 Å². The molecule has 1 amide bonds. The first-order chi connectivity index (χ1) is 9.18. The fourth-order valence-electron chi connectivity index (χ4n) is 1.81. The molecule has 114 valence electrons. The van der Waals surface area contributed by atoms with Gasteiger partial charge in [0, 0.05) is 18.3 Å². The minimum absolute atomic E-state index is 0.0324. The molecule has 0 aromatic rings. The van der Waals surface area contributed by atoms with Crippen LogP contribution in [0, 0.1) is 11.8 Å². The number of aliphatic carboxylic acids is 2. The summed E-state index contributed by atoms with van der Waals surface area (Å²) in [7, 11) is 0. The van der Waals surface area contributed by atoms with Crippen LogP contribution >= 0.6 is 0 Å². The number of hydrogen-bond acceptors (Lipinski definition) is 4. The van der Waals surface area contributed by atoms with E-state index in [2.05, 4.69) is 5.32 Å². The number of carbonyl (C=O) groups is 4. The van der Waals surface area contributed by atoms with Gasteiger partial charge >= 0.3 is 11.9 Å². The normalized spacial score (nSPS) is 14.9. The van der Waals surface area contributed by atoms with Crippen molar-refractivity contribution in [2.45, 2.75) is 46.1 Å². The van der Waals surface area contributed by atoms with Crippen LogP contribution in [0.15, 0.2) is 0 Å². The van der Waals surface area contributed by atoms with Crippen LogP contribution in [0.3, 0.4) is 0 Å². The molecule has 0 aromatic heterocycles. The van der Waals surface area contributed by atoms with Crippen LogP contribution in [0.25, 0.3) is 0 Å². The summed E-state index contributed by atoms with van der Waals surface area (Å²) in [5, 5.41) is 19.6. The van der Waals surface area contributed by atoms with Crippen LogP contribution in [0.2, 0.25) is 0 Å². The fraction of sp³-hybridized carbons (Fsp3) is 0.692. The summed E-state index contributed by atoms with van der Waals surface area (Å²) in [4.78, 5) is 44.6. The minimum atomic E-state index is -1.46. The maximum atomic E-state index is 11.8. The number of carbonyl (C=O) groups excluding carboxylic acids is 2. The van der Waals surface area contributed by atoms with Gasteiger partial charge in [0.05, 0.1) is 6.42 Å². The molecule has 0 fully saturated rings. The molecular formula is C13H21NO6. The number of ketones is 1. The van der Waals surface area contributed by atoms with E-state index in [1.54, 1.807) is 20.8 Å². The van der Waals surface area contributed by atoms with E-state index in [1.807, 2.05) is 0 Å². The van der Waals surface area contributed by atoms with Gasteiger partial charge in [-0.25, -0.2) is 4.79 Å². The number of carboxylic acid groups (broad SMARTS) is 2. The predicted molar refractivity (Wildman–Crippen MR) is 70.1 cm³/mol. The molecule has 0 aliphatic carbocycles. The first kappa shape index (κ1) is 18.1. The molecule has 0 bridgehead atoms. The van der Waals surface area contributed by atoms with Gasteiger partial charge in [-0.05, 0) is 6.42 Å². The average molecular weight is 287 g/mol. The molecule has 0 heterocycles. The van der Waals surface area contributed by atoms with Gasteiger partial charge in [-0.3, -0.25) is 14.4 Å². The molecule has 0 spiro atoms. The molecule has 3 unspecified atom stereocenters. The van der Waals surface area contributed by atoms with Gasteiger partial charge in [0.1, 0.15) is 11.8 Å². The molecule has 0 aromatic carbocycles. The number of rotatable bonds is 9. The zero-order valence-corrected chi connectivity index (χ0v) is 11.9. The Balaban J connectivity index is 4.53. The van der Waals surface area contributed by atoms with Crippen LogP contribution in [-0.2, 0) is 19.2 Å². The number of nitrogens with one attached hydrogen (secondary N) is 1. The molecule has 3 N–H and O–H groups in total. The quantitative estimate of drug-likeness (QED) is 0.573. The Bertz CT molecular complexity index is 392. The van der Waals surface area contributed by atoms with E-state index in [4.69, 9.17) is 10.2 Å². The van der Waals surface area contributed by atoms with Crippen molar-refractivity contribution in [3.8, 4) is 0 Å². The van der Waals surface area contributed by atoms with E-state index in [1.165, 1.54) is 0 Å². The van der Waals surface area contributed by atoms with E-state index in [0.29, 0.717) is 12.8 Å². The van der Waals surface area contributed by atoms with Crippen molar-refractivity contribution < 1.29 is 29.4 Å². The third kappa shape index (κ3) is 6.31. The first-order valence-electron chi connectivity index (χ1n) is 6.46. The maximum absolute atomic E-state index is 11.8. The van der Waals surface area contributed by atoms with Crippen molar-refractivity contribution in [3.05, 3.63) is 0 Å². The highest BCUT2D eigenvalue weighted by molar-refractivity contribution is 5.88. The average Bonchev–Trinajstić information content (AvgIpc) is 2.35. The van der Waals surface area contributed by atoms with Gasteiger partial charge in [0.15, 0.2) is 0 Å². The highest BCUT2D eigenvalue weighted by atomic mass is 16.4. The Morgan fingerprint density at radius 1 is 1.05 bits per heavy atom. The van der Waals surface area contributed by atoms with Crippen molar-refractivity contribution in [2.75, 3.05) is 0 Å². The van der Waals surface area contributed by atoms with Gasteiger partial charge in [-0.1, -0.05) is 20.8 Å². The summed E-state index contributed by atoms with van der Waals surface area (Å²) in [5.41, 5.74) is 0. The Labute approximate surface area is 117 Å². The predicted octanol–water partition coefficient (Wildman–Crippen LogP) is 0.672. The highest BCUT2D eigenvalue weighted by Gasteiger charge is 2.26. The summed E-state index contributed by atoms with van der Waals surface area (Å²) in [6.45, 7) is 5.02. The van der Waals surface area contributed by atoms with Crippen LogP contribution in [-0.4, -0.2) is 39.9 Å². The first-order valence-corrected chi connectivity index (χ1v) is 6.46. The largest absolute Gasteiger partial charge is 0.481 e. The monoisotopic (exact) mass is 287 g/mol. The fourth-order valence-corrected chi connectivity index (χ4v) is 1.81. The molecule has 0 saturated heterocycles. The summed E-state index contributed by atoms with van der Waals surface area (Å²) < 4.78 is 0. The van der Waals surface area contributed by atoms with Gasteiger partial charge in [0.2, 0.25) is 5.91 Å². The smallest absolute Gasteiger partial charge is 0.326 e. The summed E-state index contributed by atoms with van der Waals surface area (Å²) >= 11 is 0. The van der Waals surface area contributed by atoms with Crippen molar-refractivity contribution >= 4 is 23.6 Å². The van der Waals surface area contributed by atoms with Crippen molar-refractivity contribution in [1.82, 2.24) is 5.32 Å². The van der Waals surface area contributed by atoms with E-state index < -0.39 is 36.2 Å². The molecule has 0 radical (unpaired) electrons. The number of amides is 1. The van der Waals surface area contributed by atoms with Crippen molar-refractivity contribution in [1.29, 1.82) is 0 Å². The molecule has 0 aliphatic rings. The minimum Gasteiger partial charge on any atom is -0.481 e. The standard InChI is InChI=1S/C13H21NO6/c1-4-10(15)7(2)5-8(3)12(18)14-9(13(19)20)6-11(16)17/h7-9H,4-6H2,1-3H3,(H,14,18)(H,16,17)(H,19,20). The zero-order chi connectivity index (χ0) is 15.9. The SMILES string of the molecule is CCC(=O)C(C)CC(C)C(=O)NC(CC(=O)O)C(=O)O. The molecular weight excluding hydrogens is 266 g/mol. The van der Waals surface area contributed by atoms with E-state index in [-0.39, 0.29) is 11.7 Å². The molecule has 0 rings (SSSR count). The molecule has 0 aliphatic heterocycles. The van der Waals surface area contributed by atoms with Crippen LogP contribution in [0.1, 0.15) is 40.0 Å². The second-order valence-corrected chi connectivity index (χ2v) is 4.85. The lowest BCUT2D eigenvalue weighted by Crippen LogP contribution is -2.44. The van der Waals surface area contributed by atoms with Gasteiger partial charge < -0.3 is 15.5 Å². The zero-order valence-electron chi connectivity index (χ0n) is 11.9. The Kier molecular flexibility index (Phi) is 7.49. The molecule has 7 nitrogen and oxygen atoms in total. The second kappa shape index (κ2) is 8.29. The van der Waals surface area contributed by atoms with Crippen LogP contribution in [0.4, 0.5) is 0 Å². The number of carboxylic acids is 2. The number of Topliss-reactive ketones (excluding diaryl/α,β-unsaturated/α-hetero) is 1. The third-order valence-corrected chi connectivity index (χ3v) is 3.05. The van der Waals surface area contributed by atoms with Gasteiger partial charge in [-0.15, -0.1) is 0 Å². The van der Waals surface area contributed by atoms with Crippen LogP contribution < -0.4 is 5.32 Å². The maximum Gasteiger partial charge on any atom is 0.326 e. The van der Waals surface area contributed by atoms with Gasteiger partial charge in [-0.2, -0.15) is 0 Å². The van der Waals surface area contributed by atoms with Crippen LogP contribution in [0.5, 0.6) is 0 Å². The van der Waals surface area contributed by atoms with E-state index in [9.17, 15) is 19.2 Å². The summed E-state index contributed by atoms with van der Waals surface area (Å²) in [6.07, 6.45) is 0.00141. The molecule has 3 atom stereocenters. The molecule has 0 saturated carbocycles. The third-order valence-electron chi connectivity index (χ3n) is 3.05. The second-order valence-electron chi connectivity index (χ2n) is 4.85. The number of hydrogen-bond donors (Lipinski definition) is 3.